The fourth-order valence-corrected chi connectivity index (χ4v) is 3.07. The van der Waals surface area contributed by atoms with Crippen LogP contribution in [0.25, 0.3) is 0 Å². The summed E-state index contributed by atoms with van der Waals surface area (Å²) in [5, 5.41) is 3.49. The fraction of sp³-hybridized carbons (Fsp3) is 0.714. The minimum Gasteiger partial charge on any atom is -0.377 e. The molecular weight excluding hydrogens is 230 g/mol. The van der Waals surface area contributed by atoms with Crippen LogP contribution < -0.4 is 5.32 Å². The van der Waals surface area contributed by atoms with Crippen molar-refractivity contribution in [3.05, 3.63) is 21.9 Å². The Kier molecular flexibility index (Phi) is 4.23. The third-order valence-electron chi connectivity index (χ3n) is 3.10. The van der Waals surface area contributed by atoms with E-state index < -0.39 is 0 Å². The molecule has 2 heterocycles. The van der Waals surface area contributed by atoms with Crippen LogP contribution in [0.1, 0.15) is 43.4 Å². The van der Waals surface area contributed by atoms with Crippen LogP contribution in [0.15, 0.2) is 12.1 Å². The molecule has 0 saturated carbocycles. The summed E-state index contributed by atoms with van der Waals surface area (Å²) in [6, 6.07) is 4.50. The molecule has 1 atom stereocenters. The Morgan fingerprint density at radius 2 is 2.24 bits per heavy atom. The van der Waals surface area contributed by atoms with Gasteiger partial charge >= 0.3 is 0 Å². The summed E-state index contributed by atoms with van der Waals surface area (Å²) in [6.07, 6.45) is 2.88. The van der Waals surface area contributed by atoms with Crippen molar-refractivity contribution >= 4 is 11.3 Å². The Hall–Kier alpha value is -0.380. The Morgan fingerprint density at radius 1 is 1.41 bits per heavy atom. The zero-order valence-electron chi connectivity index (χ0n) is 11.1. The molecule has 0 amide bonds. The summed E-state index contributed by atoms with van der Waals surface area (Å²) in [5.41, 5.74) is 0.275. The number of ether oxygens (including phenoxy) is 1. The van der Waals surface area contributed by atoms with E-state index in [4.69, 9.17) is 4.74 Å². The quantitative estimate of drug-likeness (QED) is 0.889. The van der Waals surface area contributed by atoms with E-state index in [1.54, 1.807) is 0 Å². The maximum absolute atomic E-state index is 5.59. The zero-order chi connectivity index (χ0) is 12.3. The van der Waals surface area contributed by atoms with E-state index in [0.29, 0.717) is 6.10 Å². The summed E-state index contributed by atoms with van der Waals surface area (Å²) < 4.78 is 5.59. The number of nitrogens with one attached hydrogen (secondary N) is 1. The molecule has 0 radical (unpaired) electrons. The zero-order valence-corrected chi connectivity index (χ0v) is 11.9. The molecule has 1 unspecified atom stereocenters. The number of thiophene rings is 1. The van der Waals surface area contributed by atoms with Crippen LogP contribution in [0, 0.1) is 0 Å². The normalized spacial score (nSPS) is 21.0. The molecule has 1 aromatic rings. The largest absolute Gasteiger partial charge is 0.377 e. The average Bonchev–Trinajstić information content (AvgIpc) is 2.86. The monoisotopic (exact) mass is 253 g/mol. The van der Waals surface area contributed by atoms with Crippen LogP contribution in [-0.4, -0.2) is 19.3 Å². The first-order valence-electron chi connectivity index (χ1n) is 6.47. The molecule has 0 bridgehead atoms. The van der Waals surface area contributed by atoms with Crippen molar-refractivity contribution < 1.29 is 4.74 Å². The second-order valence-electron chi connectivity index (χ2n) is 5.78. The first-order chi connectivity index (χ1) is 8.05. The van der Waals surface area contributed by atoms with Gasteiger partial charge in [-0.1, -0.05) is 20.8 Å². The predicted octanol–water partition coefficient (Wildman–Crippen LogP) is 3.31. The molecule has 1 aromatic heterocycles. The van der Waals surface area contributed by atoms with Crippen LogP contribution in [0.2, 0.25) is 0 Å². The molecule has 3 heteroatoms. The van der Waals surface area contributed by atoms with Crippen molar-refractivity contribution in [3.8, 4) is 0 Å². The van der Waals surface area contributed by atoms with Gasteiger partial charge in [-0.15, -0.1) is 11.3 Å². The lowest BCUT2D eigenvalue weighted by Gasteiger charge is -2.15. The predicted molar refractivity (Wildman–Crippen MR) is 73.7 cm³/mol. The van der Waals surface area contributed by atoms with Crippen molar-refractivity contribution in [2.24, 2.45) is 0 Å². The van der Waals surface area contributed by atoms with E-state index in [1.807, 2.05) is 11.3 Å². The second-order valence-corrected chi connectivity index (χ2v) is 6.95. The van der Waals surface area contributed by atoms with Crippen molar-refractivity contribution in [2.75, 3.05) is 13.2 Å². The van der Waals surface area contributed by atoms with Crippen LogP contribution in [0.3, 0.4) is 0 Å². The number of hydrogen-bond donors (Lipinski definition) is 1. The molecule has 17 heavy (non-hydrogen) atoms. The Balaban J connectivity index is 1.77. The van der Waals surface area contributed by atoms with E-state index in [-0.39, 0.29) is 5.41 Å². The molecule has 1 aliphatic heterocycles. The second kappa shape index (κ2) is 5.51. The molecule has 2 rings (SSSR count). The van der Waals surface area contributed by atoms with E-state index in [1.165, 1.54) is 22.6 Å². The third-order valence-corrected chi connectivity index (χ3v) is 4.61. The third kappa shape index (κ3) is 3.80. The van der Waals surface area contributed by atoms with E-state index in [0.717, 1.165) is 19.7 Å². The highest BCUT2D eigenvalue weighted by molar-refractivity contribution is 7.12. The van der Waals surface area contributed by atoms with Crippen LogP contribution in [-0.2, 0) is 16.7 Å². The molecule has 1 fully saturated rings. The van der Waals surface area contributed by atoms with Gasteiger partial charge in [-0.05, 0) is 30.4 Å². The first-order valence-corrected chi connectivity index (χ1v) is 7.29. The highest BCUT2D eigenvalue weighted by atomic mass is 32.1. The molecule has 2 nitrogen and oxygen atoms in total. The van der Waals surface area contributed by atoms with Crippen molar-refractivity contribution in [1.29, 1.82) is 0 Å². The van der Waals surface area contributed by atoms with Gasteiger partial charge in [-0.25, -0.2) is 0 Å². The van der Waals surface area contributed by atoms with Crippen molar-refractivity contribution in [1.82, 2.24) is 5.32 Å². The van der Waals surface area contributed by atoms with Gasteiger partial charge in [-0.2, -0.15) is 0 Å². The lowest BCUT2D eigenvalue weighted by molar-refractivity contribution is 0.110. The van der Waals surface area contributed by atoms with Gasteiger partial charge in [0, 0.05) is 29.5 Å². The maximum Gasteiger partial charge on any atom is 0.0700 e. The van der Waals surface area contributed by atoms with E-state index in [9.17, 15) is 0 Å². The van der Waals surface area contributed by atoms with E-state index in [2.05, 4.69) is 38.2 Å². The van der Waals surface area contributed by atoms with Crippen molar-refractivity contribution in [3.63, 3.8) is 0 Å². The summed E-state index contributed by atoms with van der Waals surface area (Å²) >= 11 is 1.92. The average molecular weight is 253 g/mol. The lowest BCUT2D eigenvalue weighted by Crippen LogP contribution is -2.25. The Bertz CT molecular complexity index is 347. The van der Waals surface area contributed by atoms with Gasteiger partial charge in [0.2, 0.25) is 0 Å². The van der Waals surface area contributed by atoms with Gasteiger partial charge in [0.05, 0.1) is 6.10 Å². The smallest absolute Gasteiger partial charge is 0.0700 e. The lowest BCUT2D eigenvalue weighted by atomic mass is 9.95. The van der Waals surface area contributed by atoms with Crippen molar-refractivity contribution in [2.45, 2.75) is 51.7 Å². The highest BCUT2D eigenvalue weighted by Gasteiger charge is 2.17. The van der Waals surface area contributed by atoms with Gasteiger partial charge < -0.3 is 10.1 Å². The van der Waals surface area contributed by atoms with Gasteiger partial charge in [-0.3, -0.25) is 0 Å². The van der Waals surface area contributed by atoms with Gasteiger partial charge in [0.25, 0.3) is 0 Å². The summed E-state index contributed by atoms with van der Waals surface area (Å²) in [5.74, 6) is 0. The molecule has 1 aliphatic rings. The fourth-order valence-electron chi connectivity index (χ4n) is 2.04. The standard InChI is InChI=1S/C14H23NOS/c1-14(2,3)13-7-6-12(17-13)10-15-9-11-5-4-8-16-11/h6-7,11,15H,4-5,8-10H2,1-3H3. The maximum atomic E-state index is 5.59. The minimum absolute atomic E-state index is 0.275. The van der Waals surface area contributed by atoms with Gasteiger partial charge in [0.1, 0.15) is 0 Å². The van der Waals surface area contributed by atoms with Crippen LogP contribution in [0.4, 0.5) is 0 Å². The number of hydrogen-bond acceptors (Lipinski definition) is 3. The summed E-state index contributed by atoms with van der Waals surface area (Å²) in [6.45, 7) is 9.70. The number of rotatable bonds is 4. The molecule has 0 aromatic carbocycles. The molecule has 96 valence electrons. The first kappa shape index (κ1) is 13.1. The van der Waals surface area contributed by atoms with E-state index >= 15 is 0 Å². The minimum atomic E-state index is 0.275. The molecule has 0 aliphatic carbocycles. The molecular formula is C14H23NOS. The topological polar surface area (TPSA) is 21.3 Å². The Morgan fingerprint density at radius 3 is 2.82 bits per heavy atom. The molecule has 0 spiro atoms. The summed E-state index contributed by atoms with van der Waals surface area (Å²) in [7, 11) is 0. The summed E-state index contributed by atoms with van der Waals surface area (Å²) in [4.78, 5) is 2.89. The SMILES string of the molecule is CC(C)(C)c1ccc(CNCC2CCCO2)s1. The highest BCUT2D eigenvalue weighted by Crippen LogP contribution is 2.29. The van der Waals surface area contributed by atoms with Crippen LogP contribution in [0.5, 0.6) is 0 Å². The van der Waals surface area contributed by atoms with Crippen LogP contribution >= 0.6 is 11.3 Å². The molecule has 1 saturated heterocycles. The molecule has 1 N–H and O–H groups in total. The van der Waals surface area contributed by atoms with Gasteiger partial charge in [0.15, 0.2) is 0 Å². The Labute approximate surface area is 108 Å².